The molecule has 1 unspecified atom stereocenters. The molecule has 3 aromatic carbocycles. The molecule has 2 fully saturated rings. The van der Waals surface area contributed by atoms with Gasteiger partial charge in [0.15, 0.2) is 5.78 Å². The quantitative estimate of drug-likeness (QED) is 0.143. The summed E-state index contributed by atoms with van der Waals surface area (Å²) in [5, 5.41) is 3.19. The molecule has 53 heavy (non-hydrogen) atoms. The molecule has 2 saturated heterocycles. The zero-order chi connectivity index (χ0) is 37.2. The van der Waals surface area contributed by atoms with Crippen LogP contribution < -0.4 is 10.2 Å². The molecule has 3 aliphatic heterocycles. The van der Waals surface area contributed by atoms with Crippen LogP contribution in [0, 0.1) is 0 Å². The highest BCUT2D eigenvalue weighted by Gasteiger charge is 2.46. The van der Waals surface area contributed by atoms with Crippen molar-refractivity contribution in [2.75, 3.05) is 36.8 Å². The number of nitrogens with one attached hydrogen (secondary N) is 2. The number of carbonyl (C=O) groups excluding carboxylic acids is 6. The summed E-state index contributed by atoms with van der Waals surface area (Å²) in [7, 11) is 0. The molecule has 4 aromatic rings. The Hall–Kier alpha value is -5.23. The molecular formula is C41H41N5O6S. The number of anilines is 1. The average molecular weight is 732 g/mol. The Labute approximate surface area is 311 Å². The number of hydrogen-bond acceptors (Lipinski definition) is 8. The van der Waals surface area contributed by atoms with Gasteiger partial charge in [-0.15, -0.1) is 11.8 Å². The van der Waals surface area contributed by atoms with E-state index in [1.54, 1.807) is 18.2 Å². The maximum absolute atomic E-state index is 14.0. The summed E-state index contributed by atoms with van der Waals surface area (Å²) >= 11 is 1.42. The molecule has 4 aliphatic rings. The second-order valence-corrected chi connectivity index (χ2v) is 15.8. The zero-order valence-corrected chi connectivity index (χ0v) is 30.9. The fourth-order valence-electron chi connectivity index (χ4n) is 8.40. The molecule has 0 saturated carbocycles. The Bertz CT molecular complexity index is 2250. The maximum Gasteiger partial charge on any atom is 0.263 e. The van der Waals surface area contributed by atoms with Gasteiger partial charge in [-0.25, -0.2) is 0 Å². The summed E-state index contributed by atoms with van der Waals surface area (Å²) < 4.78 is 0. The van der Waals surface area contributed by atoms with Crippen molar-refractivity contribution in [1.29, 1.82) is 0 Å². The van der Waals surface area contributed by atoms with Gasteiger partial charge in [-0.3, -0.25) is 39.0 Å². The summed E-state index contributed by atoms with van der Waals surface area (Å²) in [4.78, 5) is 87.4. The molecule has 0 spiro atoms. The molecule has 11 nitrogen and oxygen atoms in total. The number of imide groups is 2. The molecule has 0 bridgehead atoms. The van der Waals surface area contributed by atoms with Crippen molar-refractivity contribution in [3.05, 3.63) is 93.7 Å². The molecule has 5 amide bonds. The van der Waals surface area contributed by atoms with Gasteiger partial charge in [0.05, 0.1) is 16.7 Å². The first kappa shape index (κ1) is 34.8. The number of fused-ring (bicyclic) bond motifs is 5. The van der Waals surface area contributed by atoms with E-state index < -0.39 is 35.1 Å². The first-order valence-electron chi connectivity index (χ1n) is 18.3. The van der Waals surface area contributed by atoms with Crippen LogP contribution >= 0.6 is 11.8 Å². The Morgan fingerprint density at radius 3 is 2.43 bits per heavy atom. The van der Waals surface area contributed by atoms with E-state index in [0.717, 1.165) is 55.9 Å². The van der Waals surface area contributed by atoms with Crippen molar-refractivity contribution in [3.8, 4) is 0 Å². The normalized spacial score (nSPS) is 19.4. The molecular weight excluding hydrogens is 691 g/mol. The lowest BCUT2D eigenvalue weighted by molar-refractivity contribution is -0.136. The number of ketones is 1. The van der Waals surface area contributed by atoms with E-state index in [-0.39, 0.29) is 35.7 Å². The SMILES string of the molecule is CCc1cc2c(cc1N1CCN(C(=O)CCCSc3cccc4c3C(=O)N(C3CCC(=O)NC3=O)C4=O)CC1)C(C)(C)c1[nH]c3ccccc3c1C2=O. The third-order valence-corrected chi connectivity index (χ3v) is 12.4. The van der Waals surface area contributed by atoms with Crippen molar-refractivity contribution in [3.63, 3.8) is 0 Å². The van der Waals surface area contributed by atoms with Crippen molar-refractivity contribution in [2.45, 2.75) is 69.2 Å². The van der Waals surface area contributed by atoms with Crippen LogP contribution in [0.1, 0.15) is 99.9 Å². The van der Waals surface area contributed by atoms with Crippen LogP contribution in [0.25, 0.3) is 10.9 Å². The topological polar surface area (TPSA) is 140 Å². The maximum atomic E-state index is 14.0. The van der Waals surface area contributed by atoms with Crippen LogP contribution in [0.15, 0.2) is 59.5 Å². The van der Waals surface area contributed by atoms with Crippen LogP contribution in [-0.4, -0.2) is 88.1 Å². The van der Waals surface area contributed by atoms with Crippen LogP contribution in [0.5, 0.6) is 0 Å². The summed E-state index contributed by atoms with van der Waals surface area (Å²) in [6.07, 6.45) is 1.91. The third-order valence-electron chi connectivity index (χ3n) is 11.3. The van der Waals surface area contributed by atoms with Gasteiger partial charge in [0, 0.05) is 77.2 Å². The number of para-hydroxylation sites is 1. The molecule has 272 valence electrons. The number of H-pyrrole nitrogens is 1. The van der Waals surface area contributed by atoms with Gasteiger partial charge < -0.3 is 14.8 Å². The third kappa shape index (κ3) is 5.74. The van der Waals surface area contributed by atoms with Crippen LogP contribution in [-0.2, 0) is 26.2 Å². The molecule has 1 aliphatic carbocycles. The fourth-order valence-corrected chi connectivity index (χ4v) is 9.42. The average Bonchev–Trinajstić information content (AvgIpc) is 3.68. The predicted octanol–water partition coefficient (Wildman–Crippen LogP) is 5.22. The monoisotopic (exact) mass is 731 g/mol. The molecule has 4 heterocycles. The number of nitrogens with zero attached hydrogens (tertiary/aromatic N) is 3. The zero-order valence-electron chi connectivity index (χ0n) is 30.0. The van der Waals surface area contributed by atoms with Gasteiger partial charge in [0.25, 0.3) is 11.8 Å². The lowest BCUT2D eigenvalue weighted by Gasteiger charge is -2.39. The predicted molar refractivity (Wildman–Crippen MR) is 202 cm³/mol. The van der Waals surface area contributed by atoms with E-state index in [1.807, 2.05) is 29.2 Å². The highest BCUT2D eigenvalue weighted by Crippen LogP contribution is 2.46. The Kier molecular flexibility index (Phi) is 8.75. The minimum atomic E-state index is -1.01. The van der Waals surface area contributed by atoms with E-state index >= 15 is 0 Å². The first-order chi connectivity index (χ1) is 25.5. The van der Waals surface area contributed by atoms with E-state index in [0.29, 0.717) is 49.7 Å². The molecule has 12 heteroatoms. The molecule has 8 rings (SSSR count). The van der Waals surface area contributed by atoms with E-state index in [4.69, 9.17) is 0 Å². The van der Waals surface area contributed by atoms with Gasteiger partial charge in [0.2, 0.25) is 17.7 Å². The molecule has 1 atom stereocenters. The second-order valence-electron chi connectivity index (χ2n) is 14.7. The van der Waals surface area contributed by atoms with Gasteiger partial charge in [-0.2, -0.15) is 0 Å². The van der Waals surface area contributed by atoms with Crippen molar-refractivity contribution < 1.29 is 28.8 Å². The largest absolute Gasteiger partial charge is 0.368 e. The van der Waals surface area contributed by atoms with Crippen LogP contribution in [0.4, 0.5) is 5.69 Å². The van der Waals surface area contributed by atoms with Gasteiger partial charge in [0.1, 0.15) is 6.04 Å². The number of amides is 5. The second kappa shape index (κ2) is 13.3. The summed E-state index contributed by atoms with van der Waals surface area (Å²) in [5.74, 6) is -1.39. The lowest BCUT2D eigenvalue weighted by atomic mass is 9.70. The highest BCUT2D eigenvalue weighted by atomic mass is 32.2. The van der Waals surface area contributed by atoms with Gasteiger partial charge in [-0.1, -0.05) is 45.0 Å². The number of thioether (sulfide) groups is 1. The number of aromatic amines is 1. The van der Waals surface area contributed by atoms with Crippen molar-refractivity contribution in [1.82, 2.24) is 20.1 Å². The number of piperazine rings is 1. The highest BCUT2D eigenvalue weighted by molar-refractivity contribution is 7.99. The van der Waals surface area contributed by atoms with Crippen molar-refractivity contribution >= 4 is 63.7 Å². The number of benzene rings is 3. The summed E-state index contributed by atoms with van der Waals surface area (Å²) in [5.41, 5.74) is 6.85. The molecule has 1 aromatic heterocycles. The van der Waals surface area contributed by atoms with Gasteiger partial charge in [-0.05, 0) is 66.5 Å². The Morgan fingerprint density at radius 2 is 1.68 bits per heavy atom. The smallest absolute Gasteiger partial charge is 0.263 e. The van der Waals surface area contributed by atoms with E-state index in [2.05, 4.69) is 48.1 Å². The number of rotatable bonds is 8. The number of piperidine rings is 1. The van der Waals surface area contributed by atoms with Gasteiger partial charge >= 0.3 is 0 Å². The van der Waals surface area contributed by atoms with E-state index in [9.17, 15) is 28.8 Å². The number of carbonyl (C=O) groups is 6. The van der Waals surface area contributed by atoms with Crippen LogP contribution in [0.3, 0.4) is 0 Å². The minimum Gasteiger partial charge on any atom is -0.368 e. The van der Waals surface area contributed by atoms with Crippen molar-refractivity contribution in [2.24, 2.45) is 0 Å². The van der Waals surface area contributed by atoms with Crippen LogP contribution in [0.2, 0.25) is 0 Å². The number of aromatic nitrogens is 1. The lowest BCUT2D eigenvalue weighted by Crippen LogP contribution is -2.54. The van der Waals surface area contributed by atoms with E-state index in [1.165, 1.54) is 11.8 Å². The first-order valence-corrected chi connectivity index (χ1v) is 19.3. The molecule has 2 N–H and O–H groups in total. The number of hydrogen-bond donors (Lipinski definition) is 2. The fraction of sp³-hybridized carbons (Fsp3) is 0.366. The summed E-state index contributed by atoms with van der Waals surface area (Å²) in [6.45, 7) is 9.04. The molecule has 0 radical (unpaired) electrons. The number of aryl methyl sites for hydroxylation is 1. The Balaban J connectivity index is 0.893. The summed E-state index contributed by atoms with van der Waals surface area (Å²) in [6, 6.07) is 16.4. The standard InChI is InChI=1S/C41H41N5O6S/c1-4-23-21-26-27(41(2,3)37-35(36(26)49)24-9-5-6-11-28(24)42-37)22-30(23)44-16-18-45(19-17-44)33(48)13-8-20-53-31-12-7-10-25-34(31)40(52)46(39(25)51)29-14-15-32(47)43-38(29)50/h5-7,9-12,21-22,29,42H,4,8,13-20H2,1-3H3,(H,43,47,50). The Morgan fingerprint density at radius 1 is 0.906 bits per heavy atom. The minimum absolute atomic E-state index is 0.0625.